The van der Waals surface area contributed by atoms with Crippen LogP contribution in [0.25, 0.3) is 0 Å². The van der Waals surface area contributed by atoms with Gasteiger partial charge < -0.3 is 15.1 Å². The third kappa shape index (κ3) is 3.83. The largest absolute Gasteiger partial charge is 0.419 e. The molecule has 1 N–H and O–H groups in total. The molecule has 3 unspecified atom stereocenters. The zero-order chi connectivity index (χ0) is 19.9. The van der Waals surface area contributed by atoms with Gasteiger partial charge in [-0.1, -0.05) is 0 Å². The number of hydrogen-bond donors (Lipinski definition) is 1. The zero-order valence-electron chi connectivity index (χ0n) is 16.1. The fraction of sp³-hybridized carbons (Fsp3) is 0.700. The van der Waals surface area contributed by atoms with Gasteiger partial charge in [0.2, 0.25) is 5.91 Å². The van der Waals surface area contributed by atoms with Gasteiger partial charge in [-0.15, -0.1) is 0 Å². The van der Waals surface area contributed by atoms with E-state index in [-0.39, 0.29) is 23.7 Å². The van der Waals surface area contributed by atoms with Crippen molar-refractivity contribution in [1.82, 2.24) is 15.2 Å². The number of aromatic nitrogens is 1. The lowest BCUT2D eigenvalue weighted by Crippen LogP contribution is -2.52. The number of carbonyl (C=O) groups is 1. The van der Waals surface area contributed by atoms with Crippen LogP contribution in [-0.4, -0.2) is 54.1 Å². The lowest BCUT2D eigenvalue weighted by Gasteiger charge is -2.40. The molecule has 5 nitrogen and oxygen atoms in total. The molecule has 0 aliphatic carbocycles. The first-order chi connectivity index (χ1) is 13.3. The van der Waals surface area contributed by atoms with Crippen LogP contribution < -0.4 is 10.2 Å². The van der Waals surface area contributed by atoms with E-state index in [4.69, 9.17) is 0 Å². The lowest BCUT2D eigenvalue weighted by atomic mass is 9.93. The van der Waals surface area contributed by atoms with E-state index in [1.54, 1.807) is 4.90 Å². The smallest absolute Gasteiger partial charge is 0.355 e. The predicted molar refractivity (Wildman–Crippen MR) is 99.9 cm³/mol. The first-order valence-electron chi connectivity index (χ1n) is 10.1. The first kappa shape index (κ1) is 19.5. The Bertz CT molecular complexity index is 714. The van der Waals surface area contributed by atoms with Crippen LogP contribution in [0.3, 0.4) is 0 Å². The summed E-state index contributed by atoms with van der Waals surface area (Å²) in [7, 11) is 1.86. The minimum absolute atomic E-state index is 0.0560. The van der Waals surface area contributed by atoms with E-state index in [9.17, 15) is 18.0 Å². The Hall–Kier alpha value is -1.83. The van der Waals surface area contributed by atoms with Gasteiger partial charge in [-0.05, 0) is 50.7 Å². The Kier molecular flexibility index (Phi) is 5.24. The maximum absolute atomic E-state index is 13.4. The molecule has 0 saturated carbocycles. The number of amides is 1. The molecule has 1 aromatic heterocycles. The summed E-state index contributed by atoms with van der Waals surface area (Å²) in [4.78, 5) is 20.6. The zero-order valence-corrected chi connectivity index (χ0v) is 16.1. The van der Waals surface area contributed by atoms with Crippen LogP contribution in [0.1, 0.15) is 44.1 Å². The molecule has 3 aliphatic heterocycles. The Balaban J connectivity index is 1.46. The Labute approximate surface area is 163 Å². The number of rotatable bonds is 3. The number of anilines is 1. The molecule has 2 bridgehead atoms. The second-order valence-electron chi connectivity index (χ2n) is 8.37. The van der Waals surface area contributed by atoms with Crippen molar-refractivity contribution in [3.8, 4) is 0 Å². The number of hydrogen-bond acceptors (Lipinski definition) is 4. The predicted octanol–water partition coefficient (Wildman–Crippen LogP) is 3.06. The molecule has 0 spiro atoms. The van der Waals surface area contributed by atoms with E-state index < -0.39 is 11.7 Å². The molecule has 4 rings (SSSR count). The summed E-state index contributed by atoms with van der Waals surface area (Å²) in [6.45, 7) is 0.784. The van der Waals surface area contributed by atoms with Crippen molar-refractivity contribution < 1.29 is 18.0 Å². The molecule has 3 aliphatic rings. The summed E-state index contributed by atoms with van der Waals surface area (Å²) in [6.07, 6.45) is 2.60. The lowest BCUT2D eigenvalue weighted by molar-refractivity contribution is -0.137. The van der Waals surface area contributed by atoms with Crippen molar-refractivity contribution in [3.63, 3.8) is 0 Å². The molecule has 3 fully saturated rings. The first-order valence-corrected chi connectivity index (χ1v) is 10.1. The third-order valence-corrected chi connectivity index (χ3v) is 6.51. The molecule has 28 heavy (non-hydrogen) atoms. The van der Waals surface area contributed by atoms with Crippen LogP contribution in [0.4, 0.5) is 19.0 Å². The standard InChI is InChI=1S/C20H27F3N4O/c1-26(16-10-14-6-7-15(11-16)25-14)19(28)13-4-3-9-27(12-13)18-17(20(21,22)23)5-2-8-24-18/h2,5,8,13-16,25H,3-4,6-7,9-12H2,1H3. The molecule has 3 saturated heterocycles. The van der Waals surface area contributed by atoms with Crippen LogP contribution in [-0.2, 0) is 11.0 Å². The van der Waals surface area contributed by atoms with Gasteiger partial charge in [-0.25, -0.2) is 4.98 Å². The molecule has 1 aromatic rings. The van der Waals surface area contributed by atoms with Gasteiger partial charge in [0.15, 0.2) is 0 Å². The van der Waals surface area contributed by atoms with Gasteiger partial charge in [0.05, 0.1) is 11.5 Å². The monoisotopic (exact) mass is 396 g/mol. The maximum atomic E-state index is 13.4. The average molecular weight is 396 g/mol. The quantitative estimate of drug-likeness (QED) is 0.853. The fourth-order valence-electron chi connectivity index (χ4n) is 5.05. The molecule has 4 heterocycles. The number of halogens is 3. The van der Waals surface area contributed by atoms with E-state index in [0.29, 0.717) is 38.0 Å². The van der Waals surface area contributed by atoms with E-state index in [1.807, 2.05) is 11.9 Å². The summed E-state index contributed by atoms with van der Waals surface area (Å²) in [5, 5.41) is 3.58. The minimum Gasteiger partial charge on any atom is -0.355 e. The summed E-state index contributed by atoms with van der Waals surface area (Å²) < 4.78 is 40.1. The Morgan fingerprint density at radius 1 is 1.25 bits per heavy atom. The highest BCUT2D eigenvalue weighted by molar-refractivity contribution is 5.80. The number of alkyl halides is 3. The fourth-order valence-corrected chi connectivity index (χ4v) is 5.05. The molecular weight excluding hydrogens is 369 g/mol. The van der Waals surface area contributed by atoms with Crippen LogP contribution in [0.2, 0.25) is 0 Å². The summed E-state index contributed by atoms with van der Waals surface area (Å²) in [5.74, 6) is -0.287. The summed E-state index contributed by atoms with van der Waals surface area (Å²) in [6, 6.07) is 3.57. The molecule has 154 valence electrons. The van der Waals surface area contributed by atoms with Gasteiger partial charge in [0.1, 0.15) is 5.82 Å². The summed E-state index contributed by atoms with van der Waals surface area (Å²) in [5.41, 5.74) is -0.730. The van der Waals surface area contributed by atoms with Crippen LogP contribution in [0.5, 0.6) is 0 Å². The highest BCUT2D eigenvalue weighted by Crippen LogP contribution is 2.37. The minimum atomic E-state index is -4.45. The topological polar surface area (TPSA) is 48.5 Å². The normalized spacial score (nSPS) is 30.4. The SMILES string of the molecule is CN(C(=O)C1CCCN(c2ncccc2C(F)(F)F)C1)C1CC2CCC(C1)N2. The molecule has 0 aromatic carbocycles. The van der Waals surface area contributed by atoms with Crippen LogP contribution in [0, 0.1) is 5.92 Å². The van der Waals surface area contributed by atoms with Crippen molar-refractivity contribution in [2.24, 2.45) is 5.92 Å². The van der Waals surface area contributed by atoms with Crippen molar-refractivity contribution in [2.75, 3.05) is 25.0 Å². The van der Waals surface area contributed by atoms with Crippen LogP contribution in [0.15, 0.2) is 18.3 Å². The molecular formula is C20H27F3N4O. The summed E-state index contributed by atoms with van der Waals surface area (Å²) >= 11 is 0. The number of fused-ring (bicyclic) bond motifs is 2. The van der Waals surface area contributed by atoms with Gasteiger partial charge in [0, 0.05) is 44.5 Å². The van der Waals surface area contributed by atoms with E-state index in [0.717, 1.165) is 18.9 Å². The van der Waals surface area contributed by atoms with Gasteiger partial charge in [0.25, 0.3) is 0 Å². The number of nitrogens with zero attached hydrogens (tertiary/aromatic N) is 3. The Morgan fingerprint density at radius 3 is 2.64 bits per heavy atom. The number of pyridine rings is 1. The van der Waals surface area contributed by atoms with Crippen molar-refractivity contribution >= 4 is 11.7 Å². The van der Waals surface area contributed by atoms with E-state index >= 15 is 0 Å². The maximum Gasteiger partial charge on any atom is 0.419 e. The number of nitrogens with one attached hydrogen (secondary N) is 1. The van der Waals surface area contributed by atoms with Crippen molar-refractivity contribution in [1.29, 1.82) is 0 Å². The van der Waals surface area contributed by atoms with Gasteiger partial charge >= 0.3 is 6.18 Å². The van der Waals surface area contributed by atoms with Crippen LogP contribution >= 0.6 is 0 Å². The Morgan fingerprint density at radius 2 is 1.96 bits per heavy atom. The second-order valence-corrected chi connectivity index (χ2v) is 8.37. The third-order valence-electron chi connectivity index (χ3n) is 6.51. The van der Waals surface area contributed by atoms with Gasteiger partial charge in [-0.2, -0.15) is 13.2 Å². The highest BCUT2D eigenvalue weighted by Gasteiger charge is 2.40. The second kappa shape index (κ2) is 7.54. The molecule has 0 radical (unpaired) electrons. The molecule has 8 heteroatoms. The van der Waals surface area contributed by atoms with E-state index in [2.05, 4.69) is 10.3 Å². The molecule has 3 atom stereocenters. The van der Waals surface area contributed by atoms with E-state index in [1.165, 1.54) is 25.1 Å². The van der Waals surface area contributed by atoms with Gasteiger partial charge in [-0.3, -0.25) is 4.79 Å². The molecule has 1 amide bonds. The van der Waals surface area contributed by atoms with Crippen molar-refractivity contribution in [3.05, 3.63) is 23.9 Å². The van der Waals surface area contributed by atoms with Crippen molar-refractivity contribution in [2.45, 2.75) is 62.8 Å². The average Bonchev–Trinajstić information content (AvgIpc) is 3.04. The highest BCUT2D eigenvalue weighted by atomic mass is 19.4. The number of piperidine rings is 2. The number of carbonyl (C=O) groups excluding carboxylic acids is 1.